The molecular formula is C15H19F2NO4. The molecule has 1 amide bonds. The van der Waals surface area contributed by atoms with Crippen molar-refractivity contribution in [1.82, 2.24) is 4.90 Å². The quantitative estimate of drug-likeness (QED) is 0.760. The largest absolute Gasteiger partial charge is 0.480 e. The predicted octanol–water partition coefficient (Wildman–Crippen LogP) is 2.54. The van der Waals surface area contributed by atoms with Crippen LogP contribution in [0.15, 0.2) is 24.3 Å². The molecule has 0 saturated carbocycles. The molecule has 0 aliphatic rings. The molecule has 0 saturated heterocycles. The monoisotopic (exact) mass is 315 g/mol. The zero-order valence-electron chi connectivity index (χ0n) is 12.3. The average Bonchev–Trinajstić information content (AvgIpc) is 2.44. The number of hydrogen-bond acceptors (Lipinski definition) is 3. The molecule has 7 heteroatoms. The third-order valence-electron chi connectivity index (χ3n) is 2.95. The number of hydrogen-bond donors (Lipinski definition) is 1. The minimum absolute atomic E-state index is 0.0589. The third kappa shape index (κ3) is 6.51. The van der Waals surface area contributed by atoms with Gasteiger partial charge in [-0.05, 0) is 30.5 Å². The van der Waals surface area contributed by atoms with Gasteiger partial charge in [0.15, 0.2) is 0 Å². The summed E-state index contributed by atoms with van der Waals surface area (Å²) in [5, 5.41) is 8.78. The van der Waals surface area contributed by atoms with E-state index < -0.39 is 12.6 Å². The van der Waals surface area contributed by atoms with Crippen molar-refractivity contribution in [1.29, 1.82) is 0 Å². The molecule has 122 valence electrons. The van der Waals surface area contributed by atoms with Crippen LogP contribution in [0.2, 0.25) is 0 Å². The number of amides is 1. The van der Waals surface area contributed by atoms with Crippen LogP contribution in [0.1, 0.15) is 25.3 Å². The maximum atomic E-state index is 12.0. The van der Waals surface area contributed by atoms with Crippen molar-refractivity contribution in [3.05, 3.63) is 29.8 Å². The van der Waals surface area contributed by atoms with Crippen molar-refractivity contribution < 1.29 is 28.2 Å². The van der Waals surface area contributed by atoms with Gasteiger partial charge in [0.2, 0.25) is 5.91 Å². The summed E-state index contributed by atoms with van der Waals surface area (Å²) in [5.41, 5.74) is 0.793. The first-order valence-corrected chi connectivity index (χ1v) is 6.95. The van der Waals surface area contributed by atoms with Gasteiger partial charge >= 0.3 is 12.6 Å². The van der Waals surface area contributed by atoms with Crippen LogP contribution in [0.3, 0.4) is 0 Å². The smallest absolute Gasteiger partial charge is 0.387 e. The van der Waals surface area contributed by atoms with Crippen LogP contribution >= 0.6 is 0 Å². The summed E-state index contributed by atoms with van der Waals surface area (Å²) in [7, 11) is 0. The van der Waals surface area contributed by atoms with Gasteiger partial charge in [-0.2, -0.15) is 8.78 Å². The van der Waals surface area contributed by atoms with Crippen molar-refractivity contribution in [2.24, 2.45) is 0 Å². The maximum absolute atomic E-state index is 12.0. The molecule has 1 rings (SSSR count). The molecule has 0 heterocycles. The Hall–Kier alpha value is -2.18. The number of carbonyl (C=O) groups is 2. The van der Waals surface area contributed by atoms with E-state index in [9.17, 15) is 18.4 Å². The second kappa shape index (κ2) is 8.96. The Labute approximate surface area is 127 Å². The topological polar surface area (TPSA) is 66.8 Å². The van der Waals surface area contributed by atoms with Gasteiger partial charge < -0.3 is 14.7 Å². The summed E-state index contributed by atoms with van der Waals surface area (Å²) in [5.74, 6) is -1.23. The van der Waals surface area contributed by atoms with E-state index in [-0.39, 0.29) is 24.6 Å². The van der Waals surface area contributed by atoms with Crippen molar-refractivity contribution >= 4 is 11.9 Å². The normalized spacial score (nSPS) is 10.5. The molecule has 5 nitrogen and oxygen atoms in total. The lowest BCUT2D eigenvalue weighted by atomic mass is 10.1. The van der Waals surface area contributed by atoms with Crippen LogP contribution in [0.25, 0.3) is 0 Å². The molecule has 0 bridgehead atoms. The Morgan fingerprint density at radius 1 is 1.27 bits per heavy atom. The maximum Gasteiger partial charge on any atom is 0.387 e. The van der Waals surface area contributed by atoms with Crippen LogP contribution in [-0.4, -0.2) is 41.6 Å². The molecule has 0 aliphatic heterocycles. The third-order valence-corrected chi connectivity index (χ3v) is 2.95. The van der Waals surface area contributed by atoms with Crippen molar-refractivity contribution in [3.63, 3.8) is 0 Å². The Balaban J connectivity index is 2.52. The second-order valence-electron chi connectivity index (χ2n) is 4.73. The molecule has 1 aromatic rings. The van der Waals surface area contributed by atoms with Gasteiger partial charge in [-0.1, -0.05) is 19.1 Å². The van der Waals surface area contributed by atoms with Crippen LogP contribution < -0.4 is 4.74 Å². The van der Waals surface area contributed by atoms with E-state index in [0.717, 1.165) is 5.56 Å². The van der Waals surface area contributed by atoms with Gasteiger partial charge in [0.1, 0.15) is 12.3 Å². The number of alkyl halides is 2. The second-order valence-corrected chi connectivity index (χ2v) is 4.73. The number of aliphatic carboxylic acids is 1. The summed E-state index contributed by atoms with van der Waals surface area (Å²) >= 11 is 0. The number of carboxylic acid groups (broad SMARTS) is 1. The Morgan fingerprint density at radius 2 is 1.91 bits per heavy atom. The Bertz CT molecular complexity index is 491. The van der Waals surface area contributed by atoms with E-state index in [1.165, 1.54) is 17.0 Å². The molecule has 0 radical (unpaired) electrons. The highest BCUT2D eigenvalue weighted by Gasteiger charge is 2.15. The first-order valence-electron chi connectivity index (χ1n) is 6.95. The highest BCUT2D eigenvalue weighted by atomic mass is 19.3. The number of carboxylic acids is 1. The van der Waals surface area contributed by atoms with E-state index in [2.05, 4.69) is 4.74 Å². The first-order chi connectivity index (χ1) is 10.4. The van der Waals surface area contributed by atoms with Gasteiger partial charge in [-0.15, -0.1) is 0 Å². The zero-order chi connectivity index (χ0) is 16.5. The number of ether oxygens (including phenoxy) is 1. The van der Waals surface area contributed by atoms with E-state index in [4.69, 9.17) is 5.11 Å². The molecule has 0 aromatic heterocycles. The van der Waals surface area contributed by atoms with Crippen LogP contribution in [0.5, 0.6) is 5.75 Å². The molecule has 1 aromatic carbocycles. The van der Waals surface area contributed by atoms with Crippen LogP contribution in [0.4, 0.5) is 8.78 Å². The minimum Gasteiger partial charge on any atom is -0.480 e. The highest BCUT2D eigenvalue weighted by molar-refractivity contribution is 5.81. The van der Waals surface area contributed by atoms with E-state index in [0.29, 0.717) is 19.4 Å². The fourth-order valence-corrected chi connectivity index (χ4v) is 1.97. The van der Waals surface area contributed by atoms with Crippen LogP contribution in [0, 0.1) is 0 Å². The number of halogens is 2. The molecule has 0 aliphatic carbocycles. The van der Waals surface area contributed by atoms with Crippen molar-refractivity contribution in [2.45, 2.75) is 32.8 Å². The molecule has 0 atom stereocenters. The molecule has 1 N–H and O–H groups in total. The van der Waals surface area contributed by atoms with Crippen molar-refractivity contribution in [2.75, 3.05) is 13.1 Å². The Kier molecular flexibility index (Phi) is 7.28. The molecule has 0 fully saturated rings. The molecular weight excluding hydrogens is 296 g/mol. The minimum atomic E-state index is -2.87. The van der Waals surface area contributed by atoms with Gasteiger partial charge in [-0.25, -0.2) is 0 Å². The summed E-state index contributed by atoms with van der Waals surface area (Å²) < 4.78 is 28.3. The molecule has 0 spiro atoms. The Morgan fingerprint density at radius 3 is 2.41 bits per heavy atom. The molecule has 0 unspecified atom stereocenters. The standard InChI is InChI=1S/C15H19F2NO4/c1-2-9-18(10-14(20)21)13(19)8-5-11-3-6-12(7-4-11)22-15(16)17/h3-4,6-7,15H,2,5,8-10H2,1H3,(H,20,21). The first kappa shape index (κ1) is 17.9. The number of aryl methyl sites for hydroxylation is 1. The average molecular weight is 315 g/mol. The predicted molar refractivity (Wildman–Crippen MR) is 75.9 cm³/mol. The number of rotatable bonds is 9. The van der Waals surface area contributed by atoms with Crippen molar-refractivity contribution in [3.8, 4) is 5.75 Å². The fourth-order valence-electron chi connectivity index (χ4n) is 1.97. The van der Waals surface area contributed by atoms with Gasteiger partial charge in [0, 0.05) is 13.0 Å². The summed E-state index contributed by atoms with van der Waals surface area (Å²) in [4.78, 5) is 24.0. The lowest BCUT2D eigenvalue weighted by Crippen LogP contribution is -2.36. The van der Waals surface area contributed by atoms with Crippen LogP contribution in [-0.2, 0) is 16.0 Å². The van der Waals surface area contributed by atoms with E-state index in [1.54, 1.807) is 12.1 Å². The highest BCUT2D eigenvalue weighted by Crippen LogP contribution is 2.16. The summed E-state index contributed by atoms with van der Waals surface area (Å²) in [6.07, 6.45) is 1.26. The van der Waals surface area contributed by atoms with Gasteiger partial charge in [0.05, 0.1) is 0 Å². The van der Waals surface area contributed by atoms with E-state index in [1.807, 2.05) is 6.92 Å². The lowest BCUT2D eigenvalue weighted by Gasteiger charge is -2.19. The number of carbonyl (C=O) groups excluding carboxylic acids is 1. The number of benzene rings is 1. The van der Waals surface area contributed by atoms with Gasteiger partial charge in [0.25, 0.3) is 0 Å². The summed E-state index contributed by atoms with van der Waals surface area (Å²) in [6, 6.07) is 6.03. The number of nitrogens with zero attached hydrogens (tertiary/aromatic N) is 1. The SMILES string of the molecule is CCCN(CC(=O)O)C(=O)CCc1ccc(OC(F)F)cc1. The van der Waals surface area contributed by atoms with Gasteiger partial charge in [-0.3, -0.25) is 9.59 Å². The summed E-state index contributed by atoms with van der Waals surface area (Å²) in [6.45, 7) is -0.921. The molecule has 22 heavy (non-hydrogen) atoms. The fraction of sp³-hybridized carbons (Fsp3) is 0.467. The van der Waals surface area contributed by atoms with E-state index >= 15 is 0 Å². The lowest BCUT2D eigenvalue weighted by molar-refractivity contribution is -0.144. The zero-order valence-corrected chi connectivity index (χ0v) is 12.3.